The molecule has 0 bridgehead atoms. The third-order valence-electron chi connectivity index (χ3n) is 3.81. The number of hydrogen-bond acceptors (Lipinski definition) is 4. The molecule has 0 saturated heterocycles. The van der Waals surface area contributed by atoms with Gasteiger partial charge >= 0.3 is 5.97 Å². The molecule has 2 rings (SSSR count). The van der Waals surface area contributed by atoms with Crippen LogP contribution in [0.3, 0.4) is 0 Å². The molecule has 0 aliphatic heterocycles. The smallest absolute Gasteiger partial charge is 0.306 e. The van der Waals surface area contributed by atoms with Crippen LogP contribution in [0, 0.1) is 0 Å². The quantitative estimate of drug-likeness (QED) is 0.696. The number of hydrogen-bond donors (Lipinski definition) is 1. The first-order valence-corrected chi connectivity index (χ1v) is 8.81. The number of nitrogens with one attached hydrogen (secondary N) is 1. The Morgan fingerprint density at radius 1 is 1.08 bits per heavy atom. The van der Waals surface area contributed by atoms with E-state index < -0.39 is 0 Å². The first-order chi connectivity index (χ1) is 12.6. The minimum absolute atomic E-state index is 0.137. The SMILES string of the molecule is CCOc1cccc(C(=O)N[C@H](C)CCC(=O)OCc2ccccc2)c1. The molecule has 1 atom stereocenters. The Morgan fingerprint density at radius 3 is 2.58 bits per heavy atom. The first-order valence-electron chi connectivity index (χ1n) is 8.81. The molecule has 0 aliphatic carbocycles. The predicted octanol–water partition coefficient (Wildman–Crippen LogP) is 3.73. The largest absolute Gasteiger partial charge is 0.494 e. The highest BCUT2D eigenvalue weighted by Gasteiger charge is 2.13. The number of benzene rings is 2. The highest BCUT2D eigenvalue weighted by atomic mass is 16.5. The van der Waals surface area contributed by atoms with E-state index in [2.05, 4.69) is 5.32 Å². The molecular formula is C21H25NO4. The summed E-state index contributed by atoms with van der Waals surface area (Å²) < 4.78 is 10.6. The zero-order valence-electron chi connectivity index (χ0n) is 15.2. The van der Waals surface area contributed by atoms with Crippen LogP contribution in [0.4, 0.5) is 0 Å². The molecule has 2 aromatic carbocycles. The van der Waals surface area contributed by atoms with Gasteiger partial charge in [0, 0.05) is 18.0 Å². The van der Waals surface area contributed by atoms with Gasteiger partial charge in [-0.25, -0.2) is 0 Å². The summed E-state index contributed by atoms with van der Waals surface area (Å²) in [4.78, 5) is 24.1. The monoisotopic (exact) mass is 355 g/mol. The van der Waals surface area contributed by atoms with Crippen LogP contribution >= 0.6 is 0 Å². The fraction of sp³-hybridized carbons (Fsp3) is 0.333. The highest BCUT2D eigenvalue weighted by molar-refractivity contribution is 5.94. The zero-order valence-corrected chi connectivity index (χ0v) is 15.2. The topological polar surface area (TPSA) is 64.6 Å². The predicted molar refractivity (Wildman–Crippen MR) is 100 cm³/mol. The van der Waals surface area contributed by atoms with Crippen molar-refractivity contribution in [3.63, 3.8) is 0 Å². The van der Waals surface area contributed by atoms with Crippen LogP contribution in [0.1, 0.15) is 42.6 Å². The lowest BCUT2D eigenvalue weighted by molar-refractivity contribution is -0.145. The molecule has 2 aromatic rings. The van der Waals surface area contributed by atoms with Crippen LogP contribution in [0.15, 0.2) is 54.6 Å². The molecule has 0 saturated carbocycles. The fourth-order valence-corrected chi connectivity index (χ4v) is 2.42. The van der Waals surface area contributed by atoms with Crippen LogP contribution < -0.4 is 10.1 Å². The van der Waals surface area contributed by atoms with Crippen molar-refractivity contribution in [1.29, 1.82) is 0 Å². The molecule has 0 spiro atoms. The lowest BCUT2D eigenvalue weighted by Gasteiger charge is -2.14. The van der Waals surface area contributed by atoms with Crippen molar-refractivity contribution >= 4 is 11.9 Å². The van der Waals surface area contributed by atoms with Gasteiger partial charge in [-0.15, -0.1) is 0 Å². The number of ether oxygens (including phenoxy) is 2. The van der Waals surface area contributed by atoms with Gasteiger partial charge < -0.3 is 14.8 Å². The molecule has 5 heteroatoms. The van der Waals surface area contributed by atoms with Crippen molar-refractivity contribution in [3.05, 3.63) is 65.7 Å². The second-order valence-corrected chi connectivity index (χ2v) is 6.02. The van der Waals surface area contributed by atoms with E-state index in [1.54, 1.807) is 18.2 Å². The molecule has 0 fully saturated rings. The van der Waals surface area contributed by atoms with Gasteiger partial charge in [-0.05, 0) is 44.0 Å². The summed E-state index contributed by atoms with van der Waals surface area (Å²) in [5.74, 6) is 0.210. The molecule has 5 nitrogen and oxygen atoms in total. The van der Waals surface area contributed by atoms with E-state index in [1.165, 1.54) is 0 Å². The van der Waals surface area contributed by atoms with Crippen molar-refractivity contribution in [2.75, 3.05) is 6.61 Å². The number of carbonyl (C=O) groups is 2. The van der Waals surface area contributed by atoms with Crippen molar-refractivity contribution in [3.8, 4) is 5.75 Å². The van der Waals surface area contributed by atoms with E-state index in [9.17, 15) is 9.59 Å². The number of esters is 1. The maximum Gasteiger partial charge on any atom is 0.306 e. The lowest BCUT2D eigenvalue weighted by atomic mass is 10.1. The molecule has 0 unspecified atom stereocenters. The molecular weight excluding hydrogens is 330 g/mol. The zero-order chi connectivity index (χ0) is 18.8. The van der Waals surface area contributed by atoms with Gasteiger partial charge in [0.25, 0.3) is 5.91 Å². The Balaban J connectivity index is 1.73. The normalized spacial score (nSPS) is 11.5. The Labute approximate surface area is 154 Å². The van der Waals surface area contributed by atoms with E-state index in [-0.39, 0.29) is 30.9 Å². The maximum atomic E-state index is 12.3. The highest BCUT2D eigenvalue weighted by Crippen LogP contribution is 2.13. The van der Waals surface area contributed by atoms with Gasteiger partial charge in [0.05, 0.1) is 6.61 Å². The number of rotatable bonds is 9. The Kier molecular flexibility index (Phi) is 7.68. The molecule has 26 heavy (non-hydrogen) atoms. The van der Waals surface area contributed by atoms with Crippen molar-refractivity contribution < 1.29 is 19.1 Å². The average molecular weight is 355 g/mol. The Bertz CT molecular complexity index is 715. The summed E-state index contributed by atoms with van der Waals surface area (Å²) in [7, 11) is 0. The van der Waals surface area contributed by atoms with Crippen LogP contribution in [0.5, 0.6) is 5.75 Å². The van der Waals surface area contributed by atoms with Gasteiger partial charge in [0.1, 0.15) is 12.4 Å². The van der Waals surface area contributed by atoms with Gasteiger partial charge in [0.2, 0.25) is 0 Å². The summed E-state index contributed by atoms with van der Waals surface area (Å²) in [6, 6.07) is 16.4. The summed E-state index contributed by atoms with van der Waals surface area (Å²) in [5, 5.41) is 2.89. The Morgan fingerprint density at radius 2 is 1.85 bits per heavy atom. The molecule has 0 aliphatic rings. The van der Waals surface area contributed by atoms with E-state index in [0.717, 1.165) is 5.56 Å². The average Bonchev–Trinajstić information content (AvgIpc) is 2.66. The second-order valence-electron chi connectivity index (χ2n) is 6.02. The van der Waals surface area contributed by atoms with Crippen LogP contribution in [-0.4, -0.2) is 24.5 Å². The Hall–Kier alpha value is -2.82. The van der Waals surface area contributed by atoms with Crippen molar-refractivity contribution in [1.82, 2.24) is 5.32 Å². The van der Waals surface area contributed by atoms with Crippen LogP contribution in [0.2, 0.25) is 0 Å². The lowest BCUT2D eigenvalue weighted by Crippen LogP contribution is -2.33. The van der Waals surface area contributed by atoms with E-state index >= 15 is 0 Å². The molecule has 0 heterocycles. The second kappa shape index (κ2) is 10.2. The van der Waals surface area contributed by atoms with E-state index in [1.807, 2.05) is 50.2 Å². The standard InChI is InChI=1S/C21H25NO4/c1-3-25-19-11-7-10-18(14-19)21(24)22-16(2)12-13-20(23)26-15-17-8-5-4-6-9-17/h4-11,14,16H,3,12-13,15H2,1-2H3,(H,22,24)/t16-/m1/s1. The summed E-state index contributed by atoms with van der Waals surface area (Å²) in [5.41, 5.74) is 1.49. The molecule has 0 radical (unpaired) electrons. The number of amides is 1. The van der Waals surface area contributed by atoms with Crippen LogP contribution in [-0.2, 0) is 16.1 Å². The molecule has 0 aromatic heterocycles. The fourth-order valence-electron chi connectivity index (χ4n) is 2.42. The first kappa shape index (κ1) is 19.5. The summed E-state index contributed by atoms with van der Waals surface area (Å²) in [6.45, 7) is 4.58. The molecule has 1 N–H and O–H groups in total. The van der Waals surface area contributed by atoms with Gasteiger partial charge in [0.15, 0.2) is 0 Å². The third kappa shape index (κ3) is 6.59. The summed E-state index contributed by atoms with van der Waals surface area (Å²) in [6.07, 6.45) is 0.776. The third-order valence-corrected chi connectivity index (χ3v) is 3.81. The van der Waals surface area contributed by atoms with Crippen molar-refractivity contribution in [2.45, 2.75) is 39.3 Å². The van der Waals surface area contributed by atoms with E-state index in [4.69, 9.17) is 9.47 Å². The maximum absolute atomic E-state index is 12.3. The van der Waals surface area contributed by atoms with E-state index in [0.29, 0.717) is 24.3 Å². The number of carbonyl (C=O) groups excluding carboxylic acids is 2. The van der Waals surface area contributed by atoms with Crippen LogP contribution in [0.25, 0.3) is 0 Å². The van der Waals surface area contributed by atoms with Crippen molar-refractivity contribution in [2.24, 2.45) is 0 Å². The molecule has 1 amide bonds. The van der Waals surface area contributed by atoms with Gasteiger partial charge in [-0.3, -0.25) is 9.59 Å². The minimum Gasteiger partial charge on any atom is -0.494 e. The molecule has 138 valence electrons. The minimum atomic E-state index is -0.270. The van der Waals surface area contributed by atoms with Gasteiger partial charge in [-0.2, -0.15) is 0 Å². The summed E-state index contributed by atoms with van der Waals surface area (Å²) >= 11 is 0. The van der Waals surface area contributed by atoms with Gasteiger partial charge in [-0.1, -0.05) is 36.4 Å².